The van der Waals surface area contributed by atoms with Crippen molar-refractivity contribution in [1.29, 1.82) is 0 Å². The number of hydrogen-bond acceptors (Lipinski definition) is 5. The lowest BCUT2D eigenvalue weighted by Gasteiger charge is -2.24. The van der Waals surface area contributed by atoms with E-state index in [0.29, 0.717) is 12.4 Å². The van der Waals surface area contributed by atoms with Gasteiger partial charge in [0.15, 0.2) is 0 Å². The smallest absolute Gasteiger partial charge is 0.250 e. The van der Waals surface area contributed by atoms with E-state index in [-0.39, 0.29) is 16.9 Å². The quantitative estimate of drug-likeness (QED) is 0.708. The Morgan fingerprint density at radius 2 is 1.74 bits per heavy atom. The molecule has 2 aromatic carbocycles. The molecule has 0 bridgehead atoms. The van der Waals surface area contributed by atoms with Crippen LogP contribution in [0.3, 0.4) is 0 Å². The van der Waals surface area contributed by atoms with E-state index in [1.807, 2.05) is 0 Å². The summed E-state index contributed by atoms with van der Waals surface area (Å²) in [6, 6.07) is 12.7. The maximum absolute atomic E-state index is 12.5. The zero-order valence-electron chi connectivity index (χ0n) is 15.0. The summed E-state index contributed by atoms with van der Waals surface area (Å²) in [7, 11) is -3.77. The summed E-state index contributed by atoms with van der Waals surface area (Å²) >= 11 is 0. The van der Waals surface area contributed by atoms with Crippen LogP contribution in [0.5, 0.6) is 5.75 Å². The molecule has 0 heterocycles. The largest absolute Gasteiger partial charge is 0.492 e. The number of rotatable bonds is 8. The lowest BCUT2D eigenvalue weighted by atomic mass is 10.1. The minimum Gasteiger partial charge on any atom is -0.492 e. The van der Waals surface area contributed by atoms with Crippen molar-refractivity contribution in [1.82, 2.24) is 0 Å². The van der Waals surface area contributed by atoms with Crippen LogP contribution in [-0.4, -0.2) is 39.6 Å². The van der Waals surface area contributed by atoms with Gasteiger partial charge in [0.05, 0.1) is 29.8 Å². The molecule has 0 aromatic heterocycles. The molecule has 9 heteroatoms. The molecule has 0 aliphatic rings. The van der Waals surface area contributed by atoms with Crippen molar-refractivity contribution in [3.05, 3.63) is 54.1 Å². The third-order valence-corrected chi connectivity index (χ3v) is 4.71. The third kappa shape index (κ3) is 5.20. The van der Waals surface area contributed by atoms with E-state index >= 15 is 0 Å². The standard InChI is InChI=1S/C18H21N3O5S/c1-3-26-16-11-7-6-10-15(16)21(27(2,24)25)12-17(22)20-14-9-5-4-8-13(14)18(19)23/h4-11H,3,12H2,1-2H3,(H2,19,23)(H,20,22). The number of carbonyl (C=O) groups is 2. The first-order chi connectivity index (χ1) is 12.7. The molecule has 2 aromatic rings. The van der Waals surface area contributed by atoms with Gasteiger partial charge in [-0.1, -0.05) is 24.3 Å². The Morgan fingerprint density at radius 3 is 2.37 bits per heavy atom. The van der Waals surface area contributed by atoms with E-state index in [0.717, 1.165) is 10.6 Å². The van der Waals surface area contributed by atoms with Gasteiger partial charge < -0.3 is 15.8 Å². The Hall–Kier alpha value is -3.07. The average molecular weight is 391 g/mol. The highest BCUT2D eigenvalue weighted by Crippen LogP contribution is 2.29. The zero-order chi connectivity index (χ0) is 20.0. The molecular weight excluding hydrogens is 370 g/mol. The molecule has 0 unspecified atom stereocenters. The summed E-state index contributed by atoms with van der Waals surface area (Å²) in [5.74, 6) is -0.983. The minimum atomic E-state index is -3.77. The van der Waals surface area contributed by atoms with Crippen LogP contribution < -0.4 is 20.1 Å². The Labute approximate surface area is 158 Å². The fourth-order valence-electron chi connectivity index (χ4n) is 2.45. The molecule has 2 rings (SSSR count). The molecule has 144 valence electrons. The van der Waals surface area contributed by atoms with Crippen LogP contribution in [0.1, 0.15) is 17.3 Å². The number of hydrogen-bond donors (Lipinski definition) is 2. The van der Waals surface area contributed by atoms with Gasteiger partial charge in [0.2, 0.25) is 15.9 Å². The van der Waals surface area contributed by atoms with E-state index in [9.17, 15) is 18.0 Å². The predicted molar refractivity (Wildman–Crippen MR) is 103 cm³/mol. The van der Waals surface area contributed by atoms with E-state index in [4.69, 9.17) is 10.5 Å². The van der Waals surface area contributed by atoms with Crippen LogP contribution in [0.15, 0.2) is 48.5 Å². The maximum atomic E-state index is 12.5. The van der Waals surface area contributed by atoms with Gasteiger partial charge in [0.1, 0.15) is 12.3 Å². The molecule has 0 spiro atoms. The second-order valence-electron chi connectivity index (χ2n) is 5.63. The summed E-state index contributed by atoms with van der Waals surface area (Å²) in [5, 5.41) is 2.53. The van der Waals surface area contributed by atoms with Crippen LogP contribution in [0.4, 0.5) is 11.4 Å². The van der Waals surface area contributed by atoms with Crippen molar-refractivity contribution >= 4 is 33.2 Å². The van der Waals surface area contributed by atoms with Crippen molar-refractivity contribution in [3.8, 4) is 5.75 Å². The lowest BCUT2D eigenvalue weighted by Crippen LogP contribution is -2.38. The number of nitrogens with one attached hydrogen (secondary N) is 1. The Morgan fingerprint density at radius 1 is 1.11 bits per heavy atom. The van der Waals surface area contributed by atoms with Gasteiger partial charge in [-0.3, -0.25) is 13.9 Å². The van der Waals surface area contributed by atoms with Gasteiger partial charge in [0.25, 0.3) is 5.91 Å². The number of carbonyl (C=O) groups excluding carboxylic acids is 2. The van der Waals surface area contributed by atoms with Crippen LogP contribution in [0.25, 0.3) is 0 Å². The van der Waals surface area contributed by atoms with E-state index in [2.05, 4.69) is 5.32 Å². The average Bonchev–Trinajstić information content (AvgIpc) is 2.60. The number of amides is 2. The number of sulfonamides is 1. The van der Waals surface area contributed by atoms with Gasteiger partial charge in [0, 0.05) is 0 Å². The molecule has 2 amide bonds. The topological polar surface area (TPSA) is 119 Å². The van der Waals surface area contributed by atoms with Crippen molar-refractivity contribution in [2.75, 3.05) is 29.0 Å². The van der Waals surface area contributed by atoms with Crippen molar-refractivity contribution in [3.63, 3.8) is 0 Å². The van der Waals surface area contributed by atoms with E-state index in [1.165, 1.54) is 12.1 Å². The molecular formula is C18H21N3O5S. The number of para-hydroxylation sites is 3. The number of primary amides is 1. The Bertz CT molecular complexity index is 944. The van der Waals surface area contributed by atoms with Gasteiger partial charge in [-0.05, 0) is 31.2 Å². The highest BCUT2D eigenvalue weighted by molar-refractivity contribution is 7.92. The van der Waals surface area contributed by atoms with Crippen LogP contribution in [0.2, 0.25) is 0 Å². The zero-order valence-corrected chi connectivity index (χ0v) is 15.8. The minimum absolute atomic E-state index is 0.131. The fraction of sp³-hybridized carbons (Fsp3) is 0.222. The Balaban J connectivity index is 2.31. The van der Waals surface area contributed by atoms with E-state index < -0.39 is 28.4 Å². The maximum Gasteiger partial charge on any atom is 0.250 e. The highest BCUT2D eigenvalue weighted by Gasteiger charge is 2.24. The number of nitrogens with zero attached hydrogens (tertiary/aromatic N) is 1. The SMILES string of the molecule is CCOc1ccccc1N(CC(=O)Nc1ccccc1C(N)=O)S(C)(=O)=O. The summed E-state index contributed by atoms with van der Waals surface area (Å²) in [4.78, 5) is 23.9. The van der Waals surface area contributed by atoms with Crippen molar-refractivity contribution < 1.29 is 22.7 Å². The monoisotopic (exact) mass is 391 g/mol. The van der Waals surface area contributed by atoms with Gasteiger partial charge in [-0.2, -0.15) is 0 Å². The predicted octanol–water partition coefficient (Wildman–Crippen LogP) is 1.59. The fourth-order valence-corrected chi connectivity index (χ4v) is 3.31. The first-order valence-corrected chi connectivity index (χ1v) is 9.97. The second kappa shape index (κ2) is 8.54. The molecule has 27 heavy (non-hydrogen) atoms. The number of anilines is 2. The van der Waals surface area contributed by atoms with Crippen molar-refractivity contribution in [2.24, 2.45) is 5.73 Å². The molecule has 0 atom stereocenters. The summed E-state index contributed by atoms with van der Waals surface area (Å²) in [5.41, 5.74) is 5.88. The summed E-state index contributed by atoms with van der Waals surface area (Å²) in [6.45, 7) is 1.62. The van der Waals surface area contributed by atoms with Gasteiger partial charge in [-0.15, -0.1) is 0 Å². The first kappa shape index (κ1) is 20.2. The molecule has 0 aliphatic carbocycles. The van der Waals surface area contributed by atoms with Crippen LogP contribution in [0, 0.1) is 0 Å². The third-order valence-electron chi connectivity index (χ3n) is 3.59. The number of nitrogens with two attached hydrogens (primary N) is 1. The molecule has 0 saturated carbocycles. The normalized spacial score (nSPS) is 10.9. The Kier molecular flexibility index (Phi) is 6.40. The van der Waals surface area contributed by atoms with E-state index in [1.54, 1.807) is 43.3 Å². The van der Waals surface area contributed by atoms with Gasteiger partial charge >= 0.3 is 0 Å². The molecule has 0 aliphatic heterocycles. The lowest BCUT2D eigenvalue weighted by molar-refractivity contribution is -0.114. The molecule has 3 N–H and O–H groups in total. The molecule has 8 nitrogen and oxygen atoms in total. The van der Waals surface area contributed by atoms with Crippen molar-refractivity contribution in [2.45, 2.75) is 6.92 Å². The molecule has 0 fully saturated rings. The molecule has 0 saturated heterocycles. The number of ether oxygens (including phenoxy) is 1. The van der Waals surface area contributed by atoms with Crippen LogP contribution in [-0.2, 0) is 14.8 Å². The first-order valence-electron chi connectivity index (χ1n) is 8.12. The van der Waals surface area contributed by atoms with Gasteiger partial charge in [-0.25, -0.2) is 8.42 Å². The summed E-state index contributed by atoms with van der Waals surface area (Å²) < 4.78 is 30.9. The number of benzene rings is 2. The highest BCUT2D eigenvalue weighted by atomic mass is 32.2. The second-order valence-corrected chi connectivity index (χ2v) is 7.54. The van der Waals surface area contributed by atoms with Crippen LogP contribution >= 0.6 is 0 Å². The summed E-state index contributed by atoms with van der Waals surface area (Å²) in [6.07, 6.45) is 1.00. The molecule has 0 radical (unpaired) electrons.